The lowest BCUT2D eigenvalue weighted by Gasteiger charge is -2.21. The molecule has 0 radical (unpaired) electrons. The van der Waals surface area contributed by atoms with Crippen LogP contribution in [0.4, 0.5) is 4.39 Å². The smallest absolute Gasteiger partial charge is 0.305 e. The zero-order valence-electron chi connectivity index (χ0n) is 13.7. The highest BCUT2D eigenvalue weighted by atomic mass is 19.1. The molecule has 0 aliphatic heterocycles. The molecular weight excluding hydrogens is 325 g/mol. The summed E-state index contributed by atoms with van der Waals surface area (Å²) in [4.78, 5) is 57.1. The molecule has 0 aromatic rings. The van der Waals surface area contributed by atoms with Gasteiger partial charge >= 0.3 is 5.97 Å². The van der Waals surface area contributed by atoms with Gasteiger partial charge in [0, 0.05) is 0 Å². The first-order valence-electron chi connectivity index (χ1n) is 7.22. The molecular formula is C14H22FN3O6. The van der Waals surface area contributed by atoms with Gasteiger partial charge in [-0.3, -0.25) is 24.0 Å². The number of nitrogens with one attached hydrogen (secondary N) is 2. The Morgan fingerprint density at radius 3 is 2.00 bits per heavy atom. The van der Waals surface area contributed by atoms with E-state index < -0.39 is 60.6 Å². The molecule has 0 saturated heterocycles. The molecule has 0 saturated carbocycles. The van der Waals surface area contributed by atoms with Crippen molar-refractivity contribution in [3.8, 4) is 0 Å². The molecule has 0 aromatic heterocycles. The third-order valence-electron chi connectivity index (χ3n) is 3.18. The molecule has 136 valence electrons. The number of alkyl halides is 1. The summed E-state index contributed by atoms with van der Waals surface area (Å²) in [5, 5.41) is 13.1. The lowest BCUT2D eigenvalue weighted by molar-refractivity contribution is -0.143. The number of amides is 2. The van der Waals surface area contributed by atoms with Crippen molar-refractivity contribution < 1.29 is 33.5 Å². The molecule has 24 heavy (non-hydrogen) atoms. The van der Waals surface area contributed by atoms with E-state index in [0.29, 0.717) is 0 Å². The van der Waals surface area contributed by atoms with E-state index in [9.17, 15) is 28.4 Å². The molecule has 0 aliphatic rings. The van der Waals surface area contributed by atoms with Crippen molar-refractivity contribution in [2.24, 2.45) is 11.7 Å². The number of ketones is 2. The molecule has 0 bridgehead atoms. The van der Waals surface area contributed by atoms with Gasteiger partial charge in [-0.25, -0.2) is 4.39 Å². The molecule has 0 aliphatic carbocycles. The van der Waals surface area contributed by atoms with Crippen LogP contribution in [0, 0.1) is 5.92 Å². The lowest BCUT2D eigenvalue weighted by Crippen LogP contribution is -2.55. The maximum atomic E-state index is 12.3. The molecule has 5 N–H and O–H groups in total. The van der Waals surface area contributed by atoms with Crippen molar-refractivity contribution in [3.05, 3.63) is 0 Å². The summed E-state index contributed by atoms with van der Waals surface area (Å²) in [6, 6.07) is -3.70. The summed E-state index contributed by atoms with van der Waals surface area (Å²) in [6.45, 7) is 3.11. The van der Waals surface area contributed by atoms with E-state index in [1.165, 1.54) is 6.92 Å². The van der Waals surface area contributed by atoms with E-state index in [-0.39, 0.29) is 5.92 Å². The van der Waals surface area contributed by atoms with Crippen molar-refractivity contribution in [2.45, 2.75) is 45.3 Å². The minimum absolute atomic E-state index is 0.177. The Kier molecular flexibility index (Phi) is 8.75. The first-order valence-corrected chi connectivity index (χ1v) is 7.22. The highest BCUT2D eigenvalue weighted by Gasteiger charge is 2.31. The number of carbonyl (C=O) groups excluding carboxylic acids is 4. The summed E-state index contributed by atoms with van der Waals surface area (Å²) in [5.74, 6) is -5.94. The van der Waals surface area contributed by atoms with Crippen molar-refractivity contribution in [1.82, 2.24) is 10.6 Å². The highest BCUT2D eigenvalue weighted by molar-refractivity contribution is 6.40. The van der Waals surface area contributed by atoms with Gasteiger partial charge in [-0.05, 0) is 12.8 Å². The number of aliphatic carboxylic acids is 1. The molecule has 0 aromatic carbocycles. The number of carbonyl (C=O) groups is 5. The van der Waals surface area contributed by atoms with Gasteiger partial charge in [0.05, 0.1) is 12.5 Å². The van der Waals surface area contributed by atoms with Gasteiger partial charge in [0.25, 0.3) is 0 Å². The average molecular weight is 347 g/mol. The van der Waals surface area contributed by atoms with E-state index >= 15 is 0 Å². The fourth-order valence-electron chi connectivity index (χ4n) is 1.62. The van der Waals surface area contributed by atoms with Crippen molar-refractivity contribution in [3.63, 3.8) is 0 Å². The Hall–Kier alpha value is -2.36. The molecule has 0 spiro atoms. The van der Waals surface area contributed by atoms with Crippen LogP contribution in [0.3, 0.4) is 0 Å². The van der Waals surface area contributed by atoms with E-state index in [1.54, 1.807) is 13.8 Å². The minimum Gasteiger partial charge on any atom is -0.481 e. The predicted octanol–water partition coefficient (Wildman–Crippen LogP) is -1.46. The van der Waals surface area contributed by atoms with E-state index in [1.807, 2.05) is 5.32 Å². The summed E-state index contributed by atoms with van der Waals surface area (Å²) >= 11 is 0. The van der Waals surface area contributed by atoms with Gasteiger partial charge < -0.3 is 21.5 Å². The van der Waals surface area contributed by atoms with Crippen LogP contribution in [-0.4, -0.2) is 59.3 Å². The molecule has 3 atom stereocenters. The van der Waals surface area contributed by atoms with E-state index in [2.05, 4.69) is 5.32 Å². The predicted molar refractivity (Wildman–Crippen MR) is 80.6 cm³/mol. The molecule has 0 rings (SSSR count). The van der Waals surface area contributed by atoms with Crippen LogP contribution in [0.1, 0.15) is 27.2 Å². The van der Waals surface area contributed by atoms with Crippen molar-refractivity contribution >= 4 is 29.4 Å². The second kappa shape index (κ2) is 9.71. The monoisotopic (exact) mass is 347 g/mol. The number of hydrogen-bond donors (Lipinski definition) is 4. The Morgan fingerprint density at radius 1 is 1.04 bits per heavy atom. The molecule has 2 amide bonds. The van der Waals surface area contributed by atoms with E-state index in [4.69, 9.17) is 10.8 Å². The van der Waals surface area contributed by atoms with Gasteiger partial charge in [-0.15, -0.1) is 0 Å². The summed E-state index contributed by atoms with van der Waals surface area (Å²) in [7, 11) is 0. The molecule has 0 heterocycles. The highest BCUT2D eigenvalue weighted by Crippen LogP contribution is 2.01. The lowest BCUT2D eigenvalue weighted by atomic mass is 10.0. The number of nitrogens with two attached hydrogens (primary N) is 1. The third kappa shape index (κ3) is 6.82. The fraction of sp³-hybridized carbons (Fsp3) is 0.643. The fourth-order valence-corrected chi connectivity index (χ4v) is 1.62. The number of rotatable bonds is 10. The number of Topliss-reactive ketones (excluding diaryl/α,β-unsaturated/α-hetero) is 2. The van der Waals surface area contributed by atoms with Crippen LogP contribution in [0.15, 0.2) is 0 Å². The van der Waals surface area contributed by atoms with E-state index in [0.717, 1.165) is 0 Å². The maximum Gasteiger partial charge on any atom is 0.305 e. The Morgan fingerprint density at radius 2 is 1.58 bits per heavy atom. The normalized spacial score (nSPS) is 14.4. The average Bonchev–Trinajstić information content (AvgIpc) is 2.50. The van der Waals surface area contributed by atoms with Gasteiger partial charge in [0.1, 0.15) is 12.1 Å². The van der Waals surface area contributed by atoms with Crippen molar-refractivity contribution in [1.29, 1.82) is 0 Å². The van der Waals surface area contributed by atoms with Crippen LogP contribution >= 0.6 is 0 Å². The van der Waals surface area contributed by atoms with Gasteiger partial charge in [0.2, 0.25) is 23.4 Å². The topological polar surface area (TPSA) is 156 Å². The third-order valence-corrected chi connectivity index (χ3v) is 3.18. The summed E-state index contributed by atoms with van der Waals surface area (Å²) in [5.41, 5.74) is 5.62. The van der Waals surface area contributed by atoms with Crippen LogP contribution in [0.5, 0.6) is 0 Å². The number of hydrogen-bond acceptors (Lipinski definition) is 6. The molecule has 0 unspecified atom stereocenters. The zero-order chi connectivity index (χ0) is 19.0. The van der Waals surface area contributed by atoms with Gasteiger partial charge in [0.15, 0.2) is 6.67 Å². The van der Waals surface area contributed by atoms with Crippen LogP contribution < -0.4 is 16.4 Å². The quantitative estimate of drug-likeness (QED) is 0.352. The Bertz CT molecular complexity index is 523. The van der Waals surface area contributed by atoms with Crippen LogP contribution in [0.2, 0.25) is 0 Å². The van der Waals surface area contributed by atoms with Gasteiger partial charge in [-0.2, -0.15) is 0 Å². The molecule has 10 heteroatoms. The second-order valence-corrected chi connectivity index (χ2v) is 5.58. The first kappa shape index (κ1) is 21.6. The zero-order valence-corrected chi connectivity index (χ0v) is 13.7. The van der Waals surface area contributed by atoms with Crippen LogP contribution in [-0.2, 0) is 24.0 Å². The Balaban J connectivity index is 4.92. The number of carboxylic acids is 1. The Labute approximate surface area is 138 Å². The first-order chi connectivity index (χ1) is 11.0. The number of halogens is 1. The second-order valence-electron chi connectivity index (χ2n) is 5.58. The van der Waals surface area contributed by atoms with Crippen molar-refractivity contribution in [2.75, 3.05) is 6.67 Å². The minimum atomic E-state index is -1.71. The molecule has 9 nitrogen and oxygen atoms in total. The standard InChI is InChI=1S/C14H22FN3O6/c1-6(2)11(16)14(24)17-7(3)13(23)18-8(4-10(20)21)12(22)9(19)5-15/h6-8,11H,4-5,16H2,1-3H3,(H,17,24)(H,18,23)(H,20,21)/t7-,8-,11-/m0/s1. The largest absolute Gasteiger partial charge is 0.481 e. The summed E-state index contributed by atoms with van der Waals surface area (Å²) < 4.78 is 12.3. The molecule has 0 fully saturated rings. The van der Waals surface area contributed by atoms with Crippen LogP contribution in [0.25, 0.3) is 0 Å². The number of carboxylic acid groups (broad SMARTS) is 1. The SMILES string of the molecule is CC(C)[C@H](N)C(=O)N[C@@H](C)C(=O)N[C@@H](CC(=O)O)C(=O)C(=O)CF. The maximum absolute atomic E-state index is 12.3. The summed E-state index contributed by atoms with van der Waals surface area (Å²) in [6.07, 6.45) is -0.886. The van der Waals surface area contributed by atoms with Gasteiger partial charge in [-0.1, -0.05) is 13.8 Å².